The van der Waals surface area contributed by atoms with Crippen molar-refractivity contribution in [3.8, 4) is 0 Å². The van der Waals surface area contributed by atoms with Crippen molar-refractivity contribution in [2.75, 3.05) is 10.6 Å². The Kier molecular flexibility index (Phi) is 5.24. The summed E-state index contributed by atoms with van der Waals surface area (Å²) < 4.78 is 1.53. The molecule has 0 fully saturated rings. The minimum absolute atomic E-state index is 0.178. The number of thiophene rings is 1. The second kappa shape index (κ2) is 7.83. The van der Waals surface area contributed by atoms with Crippen molar-refractivity contribution in [2.24, 2.45) is 13.0 Å². The molecule has 2 amide bonds. The van der Waals surface area contributed by atoms with Gasteiger partial charge in [-0.1, -0.05) is 19.1 Å². The number of aromatic nitrogens is 2. The highest BCUT2D eigenvalue weighted by molar-refractivity contribution is 7.17. The summed E-state index contributed by atoms with van der Waals surface area (Å²) >= 11 is 1.52. The number of carbonyl (C=O) groups excluding carboxylic acids is 2. The molecule has 2 heterocycles. The summed E-state index contributed by atoms with van der Waals surface area (Å²) in [6.45, 7) is 4.21. The summed E-state index contributed by atoms with van der Waals surface area (Å²) in [5.74, 6) is 0.138. The summed E-state index contributed by atoms with van der Waals surface area (Å²) in [6.07, 6.45) is 4.42. The Morgan fingerprint density at radius 3 is 2.76 bits per heavy atom. The Bertz CT molecular complexity index is 1080. The van der Waals surface area contributed by atoms with Crippen molar-refractivity contribution in [1.82, 2.24) is 9.78 Å². The summed E-state index contributed by atoms with van der Waals surface area (Å²) in [4.78, 5) is 27.2. The average molecular weight is 409 g/mol. The van der Waals surface area contributed by atoms with Crippen LogP contribution in [0.2, 0.25) is 0 Å². The third-order valence-electron chi connectivity index (χ3n) is 5.30. The number of benzene rings is 1. The number of nitrogens with zero attached hydrogens (tertiary/aromatic N) is 2. The zero-order chi connectivity index (χ0) is 20.5. The molecule has 0 bridgehead atoms. The number of nitrogens with one attached hydrogen (secondary N) is 2. The van der Waals surface area contributed by atoms with Crippen molar-refractivity contribution >= 4 is 33.8 Å². The monoisotopic (exact) mass is 408 g/mol. The highest BCUT2D eigenvalue weighted by Crippen LogP contribution is 2.40. The minimum atomic E-state index is -0.263. The molecule has 1 aliphatic carbocycles. The van der Waals surface area contributed by atoms with Gasteiger partial charge in [0.15, 0.2) is 0 Å². The molecule has 0 unspecified atom stereocenters. The van der Waals surface area contributed by atoms with E-state index in [1.54, 1.807) is 19.3 Å². The standard InChI is InChI=1S/C22H24N4O2S/c1-13-5-4-6-15(11-13)24-21(28)19-16-8-7-14(2)12-18(16)29-22(19)25-20(27)17-9-10-23-26(17)3/h4-6,9-11,14H,7-8,12H2,1-3H3,(H,24,28)(H,25,27)/t14-/m0/s1. The molecule has 0 spiro atoms. The van der Waals surface area contributed by atoms with Crippen molar-refractivity contribution in [2.45, 2.75) is 33.1 Å². The lowest BCUT2D eigenvalue weighted by atomic mass is 9.88. The number of carbonyl (C=O) groups is 2. The summed E-state index contributed by atoms with van der Waals surface area (Å²) in [5, 5.41) is 10.6. The number of hydrogen-bond donors (Lipinski definition) is 2. The predicted molar refractivity (Wildman–Crippen MR) is 116 cm³/mol. The fourth-order valence-electron chi connectivity index (χ4n) is 3.76. The van der Waals surface area contributed by atoms with Crippen LogP contribution >= 0.6 is 11.3 Å². The van der Waals surface area contributed by atoms with Crippen LogP contribution in [0.15, 0.2) is 36.5 Å². The van der Waals surface area contributed by atoms with E-state index in [-0.39, 0.29) is 11.8 Å². The second-order valence-electron chi connectivity index (χ2n) is 7.67. The van der Waals surface area contributed by atoms with E-state index < -0.39 is 0 Å². The lowest BCUT2D eigenvalue weighted by molar-refractivity contribution is 0.101. The maximum absolute atomic E-state index is 13.2. The maximum atomic E-state index is 13.2. The molecule has 0 saturated carbocycles. The van der Waals surface area contributed by atoms with Crippen LogP contribution in [0.3, 0.4) is 0 Å². The van der Waals surface area contributed by atoms with E-state index >= 15 is 0 Å². The first-order valence-corrected chi connectivity index (χ1v) is 10.6. The van der Waals surface area contributed by atoms with Gasteiger partial charge in [-0.15, -0.1) is 11.3 Å². The Morgan fingerprint density at radius 1 is 1.21 bits per heavy atom. The lowest BCUT2D eigenvalue weighted by Gasteiger charge is -2.18. The van der Waals surface area contributed by atoms with Gasteiger partial charge >= 0.3 is 0 Å². The van der Waals surface area contributed by atoms with E-state index in [0.29, 0.717) is 22.2 Å². The van der Waals surface area contributed by atoms with Crippen molar-refractivity contribution in [3.05, 3.63) is 63.8 Å². The Labute approximate surface area is 173 Å². The molecule has 29 heavy (non-hydrogen) atoms. The second-order valence-corrected chi connectivity index (χ2v) is 8.78. The molecule has 7 heteroatoms. The molecule has 2 N–H and O–H groups in total. The van der Waals surface area contributed by atoms with Crippen LogP contribution in [0.25, 0.3) is 0 Å². The predicted octanol–water partition coefficient (Wildman–Crippen LogP) is 4.42. The van der Waals surface area contributed by atoms with Gasteiger partial charge in [-0.05, 0) is 61.4 Å². The molecular weight excluding hydrogens is 384 g/mol. The van der Waals surface area contributed by atoms with Crippen LogP contribution in [0.1, 0.15) is 50.2 Å². The quantitative estimate of drug-likeness (QED) is 0.671. The molecule has 1 atom stereocenters. The summed E-state index contributed by atoms with van der Waals surface area (Å²) in [7, 11) is 1.72. The normalized spacial score (nSPS) is 15.6. The van der Waals surface area contributed by atoms with Gasteiger partial charge in [-0.25, -0.2) is 0 Å². The van der Waals surface area contributed by atoms with Gasteiger partial charge in [0, 0.05) is 23.8 Å². The van der Waals surface area contributed by atoms with E-state index in [1.807, 2.05) is 31.2 Å². The highest BCUT2D eigenvalue weighted by atomic mass is 32.1. The molecule has 0 aliphatic heterocycles. The highest BCUT2D eigenvalue weighted by Gasteiger charge is 2.29. The van der Waals surface area contributed by atoms with Gasteiger partial charge in [0.25, 0.3) is 11.8 Å². The Balaban J connectivity index is 1.68. The van der Waals surface area contributed by atoms with E-state index in [4.69, 9.17) is 0 Å². The Morgan fingerprint density at radius 2 is 2.03 bits per heavy atom. The first-order chi connectivity index (χ1) is 13.9. The van der Waals surface area contributed by atoms with Gasteiger partial charge in [0.2, 0.25) is 0 Å². The van der Waals surface area contributed by atoms with E-state index in [1.165, 1.54) is 20.9 Å². The molecule has 0 radical (unpaired) electrons. The molecule has 0 saturated heterocycles. The summed E-state index contributed by atoms with van der Waals surface area (Å²) in [6, 6.07) is 9.38. The zero-order valence-electron chi connectivity index (χ0n) is 16.8. The van der Waals surface area contributed by atoms with E-state index in [2.05, 4.69) is 22.7 Å². The maximum Gasteiger partial charge on any atom is 0.274 e. The first kappa shape index (κ1) is 19.4. The van der Waals surface area contributed by atoms with Gasteiger partial charge in [0.05, 0.1) is 5.56 Å². The largest absolute Gasteiger partial charge is 0.322 e. The van der Waals surface area contributed by atoms with Crippen LogP contribution in [0.5, 0.6) is 0 Å². The number of hydrogen-bond acceptors (Lipinski definition) is 4. The van der Waals surface area contributed by atoms with Gasteiger partial charge in [-0.2, -0.15) is 5.10 Å². The fourth-order valence-corrected chi connectivity index (χ4v) is 5.16. The fraction of sp³-hybridized carbons (Fsp3) is 0.318. The van der Waals surface area contributed by atoms with Gasteiger partial charge in [-0.3, -0.25) is 14.3 Å². The molecule has 4 rings (SSSR count). The van der Waals surface area contributed by atoms with Gasteiger partial charge < -0.3 is 10.6 Å². The molecule has 150 valence electrons. The molecule has 2 aromatic heterocycles. The molecule has 1 aromatic carbocycles. The number of rotatable bonds is 4. The van der Waals surface area contributed by atoms with Crippen molar-refractivity contribution in [1.29, 1.82) is 0 Å². The van der Waals surface area contributed by atoms with Crippen LogP contribution in [0, 0.1) is 12.8 Å². The third kappa shape index (κ3) is 3.96. The van der Waals surface area contributed by atoms with Crippen LogP contribution in [0.4, 0.5) is 10.7 Å². The van der Waals surface area contributed by atoms with E-state index in [9.17, 15) is 9.59 Å². The molecule has 3 aromatic rings. The zero-order valence-corrected chi connectivity index (χ0v) is 17.6. The summed E-state index contributed by atoms with van der Waals surface area (Å²) in [5.41, 5.74) is 3.94. The molecule has 1 aliphatic rings. The smallest absolute Gasteiger partial charge is 0.274 e. The van der Waals surface area contributed by atoms with E-state index in [0.717, 1.165) is 36.1 Å². The van der Waals surface area contributed by atoms with Crippen LogP contribution in [-0.2, 0) is 19.9 Å². The minimum Gasteiger partial charge on any atom is -0.322 e. The van der Waals surface area contributed by atoms with Crippen LogP contribution in [-0.4, -0.2) is 21.6 Å². The lowest BCUT2D eigenvalue weighted by Crippen LogP contribution is -2.20. The number of anilines is 2. The molecule has 6 nitrogen and oxygen atoms in total. The first-order valence-electron chi connectivity index (χ1n) is 9.74. The number of aryl methyl sites for hydroxylation is 2. The topological polar surface area (TPSA) is 76.0 Å². The number of amides is 2. The SMILES string of the molecule is Cc1cccc(NC(=O)c2c(NC(=O)c3ccnn3C)sc3c2CC[C@H](C)C3)c1. The average Bonchev–Trinajstić information content (AvgIpc) is 3.24. The van der Waals surface area contributed by atoms with Crippen LogP contribution < -0.4 is 10.6 Å². The van der Waals surface area contributed by atoms with Crippen molar-refractivity contribution in [3.63, 3.8) is 0 Å². The third-order valence-corrected chi connectivity index (χ3v) is 6.47. The Hall–Kier alpha value is -2.93. The van der Waals surface area contributed by atoms with Crippen molar-refractivity contribution < 1.29 is 9.59 Å². The van der Waals surface area contributed by atoms with Gasteiger partial charge in [0.1, 0.15) is 10.7 Å². The number of fused-ring (bicyclic) bond motifs is 1. The molecular formula is C22H24N4O2S.